The van der Waals surface area contributed by atoms with Crippen LogP contribution >= 0.6 is 23.8 Å². The zero-order chi connectivity index (χ0) is 19.0. The Balaban J connectivity index is 1.64. The first-order chi connectivity index (χ1) is 13.0. The van der Waals surface area contributed by atoms with Crippen LogP contribution in [0.2, 0.25) is 5.02 Å². The number of carbonyl (C=O) groups excluding carboxylic acids is 2. The zero-order valence-electron chi connectivity index (χ0n) is 14.3. The van der Waals surface area contributed by atoms with Crippen molar-refractivity contribution in [2.75, 3.05) is 22.9 Å². The van der Waals surface area contributed by atoms with Crippen LogP contribution in [0.4, 0.5) is 11.6 Å². The van der Waals surface area contributed by atoms with Gasteiger partial charge in [0.05, 0.1) is 5.69 Å². The van der Waals surface area contributed by atoms with Gasteiger partial charge >= 0.3 is 0 Å². The van der Waals surface area contributed by atoms with E-state index in [4.69, 9.17) is 28.2 Å². The van der Waals surface area contributed by atoms with E-state index in [2.05, 4.69) is 10.2 Å². The minimum absolute atomic E-state index is 0.0293. The zero-order valence-corrected chi connectivity index (χ0v) is 15.8. The third kappa shape index (κ3) is 3.48. The molecule has 2 fully saturated rings. The monoisotopic (exact) mass is 401 g/mol. The van der Waals surface area contributed by atoms with E-state index >= 15 is 0 Å². The first-order valence-corrected chi connectivity index (χ1v) is 9.33. The number of furan rings is 1. The van der Waals surface area contributed by atoms with Crippen LogP contribution < -0.4 is 15.1 Å². The Morgan fingerprint density at radius 1 is 1.07 bits per heavy atom. The molecule has 2 saturated heterocycles. The van der Waals surface area contributed by atoms with Crippen molar-refractivity contribution in [3.8, 4) is 0 Å². The minimum atomic E-state index is -0.547. The number of carbonyl (C=O) groups is 2. The van der Waals surface area contributed by atoms with Crippen molar-refractivity contribution < 1.29 is 14.0 Å². The number of thiocarbonyl (C=S) groups is 1. The number of halogens is 1. The largest absolute Gasteiger partial charge is 0.441 e. The highest BCUT2D eigenvalue weighted by atomic mass is 35.5. The lowest BCUT2D eigenvalue weighted by Crippen LogP contribution is -2.54. The van der Waals surface area contributed by atoms with Crippen molar-refractivity contribution >= 4 is 58.4 Å². The van der Waals surface area contributed by atoms with Gasteiger partial charge in [-0.3, -0.25) is 19.8 Å². The molecule has 6 nitrogen and oxygen atoms in total. The van der Waals surface area contributed by atoms with Gasteiger partial charge in [0.2, 0.25) is 0 Å². The van der Waals surface area contributed by atoms with Crippen molar-refractivity contribution in [2.24, 2.45) is 0 Å². The van der Waals surface area contributed by atoms with Gasteiger partial charge in [-0.2, -0.15) is 0 Å². The number of hydrogen-bond acceptors (Lipinski definition) is 5. The molecule has 1 aromatic carbocycles. The third-order valence-electron chi connectivity index (χ3n) is 4.50. The molecule has 0 spiro atoms. The SMILES string of the molecule is O=C1NC(=S)N(c2ccc(Cl)cc2)C(=O)/C1=C\c1ccc(N2CCCC2)o1. The van der Waals surface area contributed by atoms with Crippen LogP contribution in [0.25, 0.3) is 6.08 Å². The van der Waals surface area contributed by atoms with E-state index in [-0.39, 0.29) is 10.7 Å². The summed E-state index contributed by atoms with van der Waals surface area (Å²) in [6.07, 6.45) is 3.71. The van der Waals surface area contributed by atoms with Gasteiger partial charge in [0.15, 0.2) is 11.0 Å². The molecule has 138 valence electrons. The number of benzene rings is 1. The maximum absolute atomic E-state index is 12.9. The van der Waals surface area contributed by atoms with Crippen LogP contribution in [0, 0.1) is 0 Å². The first-order valence-electron chi connectivity index (χ1n) is 8.55. The smallest absolute Gasteiger partial charge is 0.270 e. The number of hydrogen-bond donors (Lipinski definition) is 1. The number of rotatable bonds is 3. The van der Waals surface area contributed by atoms with Crippen LogP contribution in [0.5, 0.6) is 0 Å². The van der Waals surface area contributed by atoms with Gasteiger partial charge in [-0.15, -0.1) is 0 Å². The summed E-state index contributed by atoms with van der Waals surface area (Å²) in [5, 5.41) is 3.12. The van der Waals surface area contributed by atoms with E-state index in [1.54, 1.807) is 30.3 Å². The number of nitrogens with zero attached hydrogens (tertiary/aromatic N) is 2. The predicted octanol–water partition coefficient (Wildman–Crippen LogP) is 3.36. The Morgan fingerprint density at radius 2 is 1.78 bits per heavy atom. The molecule has 2 aliphatic heterocycles. The highest BCUT2D eigenvalue weighted by molar-refractivity contribution is 7.80. The Labute approximate surface area is 166 Å². The Bertz CT molecular complexity index is 945. The van der Waals surface area contributed by atoms with E-state index < -0.39 is 11.8 Å². The maximum Gasteiger partial charge on any atom is 0.270 e. The predicted molar refractivity (Wildman–Crippen MR) is 108 cm³/mol. The van der Waals surface area contributed by atoms with Crippen LogP contribution in [0.15, 0.2) is 46.4 Å². The summed E-state index contributed by atoms with van der Waals surface area (Å²) in [4.78, 5) is 28.7. The molecule has 1 aromatic heterocycles. The first kappa shape index (κ1) is 17.8. The molecule has 0 saturated carbocycles. The molecule has 0 unspecified atom stereocenters. The topological polar surface area (TPSA) is 65.8 Å². The highest BCUT2D eigenvalue weighted by Crippen LogP contribution is 2.26. The molecule has 0 aliphatic carbocycles. The second kappa shape index (κ2) is 7.17. The summed E-state index contributed by atoms with van der Waals surface area (Å²) in [5.41, 5.74) is 0.485. The van der Waals surface area contributed by atoms with Crippen molar-refractivity contribution in [3.05, 3.63) is 52.8 Å². The van der Waals surface area contributed by atoms with Crippen molar-refractivity contribution in [2.45, 2.75) is 12.8 Å². The molecule has 0 radical (unpaired) electrons. The molecule has 2 amide bonds. The second-order valence-electron chi connectivity index (χ2n) is 6.30. The summed E-state index contributed by atoms with van der Waals surface area (Å²) >= 11 is 11.1. The molecular formula is C19H16ClN3O3S. The maximum atomic E-state index is 12.9. The van der Waals surface area contributed by atoms with E-state index in [1.165, 1.54) is 11.0 Å². The molecule has 2 aliphatic rings. The normalized spacial score (nSPS) is 19.1. The summed E-state index contributed by atoms with van der Waals surface area (Å²) in [5.74, 6) is 0.131. The molecular weight excluding hydrogens is 386 g/mol. The highest BCUT2D eigenvalue weighted by Gasteiger charge is 2.34. The molecule has 0 atom stereocenters. The van der Waals surface area contributed by atoms with Gasteiger partial charge in [0, 0.05) is 24.2 Å². The number of anilines is 2. The lowest BCUT2D eigenvalue weighted by Gasteiger charge is -2.28. The molecule has 27 heavy (non-hydrogen) atoms. The van der Waals surface area contributed by atoms with Crippen LogP contribution in [-0.4, -0.2) is 30.0 Å². The van der Waals surface area contributed by atoms with Gasteiger partial charge in [0.1, 0.15) is 11.3 Å². The number of amides is 2. The summed E-state index contributed by atoms with van der Waals surface area (Å²) in [7, 11) is 0. The lowest BCUT2D eigenvalue weighted by molar-refractivity contribution is -0.122. The van der Waals surface area contributed by atoms with E-state index in [0.29, 0.717) is 16.5 Å². The summed E-state index contributed by atoms with van der Waals surface area (Å²) in [6.45, 7) is 1.89. The third-order valence-corrected chi connectivity index (χ3v) is 5.04. The molecule has 4 rings (SSSR count). The van der Waals surface area contributed by atoms with Crippen molar-refractivity contribution in [3.63, 3.8) is 0 Å². The lowest BCUT2D eigenvalue weighted by atomic mass is 10.1. The van der Waals surface area contributed by atoms with E-state index in [1.807, 2.05) is 6.07 Å². The van der Waals surface area contributed by atoms with Gasteiger partial charge in [-0.25, -0.2) is 0 Å². The fraction of sp³-hybridized carbons (Fsp3) is 0.211. The van der Waals surface area contributed by atoms with Crippen LogP contribution in [0.1, 0.15) is 18.6 Å². The van der Waals surface area contributed by atoms with Crippen LogP contribution in [-0.2, 0) is 9.59 Å². The van der Waals surface area contributed by atoms with Crippen LogP contribution in [0.3, 0.4) is 0 Å². The summed E-state index contributed by atoms with van der Waals surface area (Å²) in [6, 6.07) is 10.2. The Kier molecular flexibility index (Phi) is 4.72. The fourth-order valence-corrected chi connectivity index (χ4v) is 3.56. The van der Waals surface area contributed by atoms with Gasteiger partial charge < -0.3 is 9.32 Å². The average molecular weight is 402 g/mol. The number of nitrogens with one attached hydrogen (secondary N) is 1. The van der Waals surface area contributed by atoms with E-state index in [9.17, 15) is 9.59 Å². The van der Waals surface area contributed by atoms with Crippen molar-refractivity contribution in [1.29, 1.82) is 0 Å². The molecule has 3 heterocycles. The van der Waals surface area contributed by atoms with Gasteiger partial charge in [-0.05, 0) is 61.5 Å². The van der Waals surface area contributed by atoms with E-state index in [0.717, 1.165) is 31.8 Å². The molecule has 1 N–H and O–H groups in total. The second-order valence-corrected chi connectivity index (χ2v) is 7.13. The fourth-order valence-electron chi connectivity index (χ4n) is 3.15. The standard InChI is InChI=1S/C19H16ClN3O3S/c20-12-3-5-13(6-4-12)23-18(25)15(17(24)21-19(23)27)11-14-7-8-16(26-14)22-9-1-2-10-22/h3-8,11H,1-2,9-10H2,(H,21,24,27)/b15-11-. The molecule has 2 aromatic rings. The molecule has 8 heteroatoms. The van der Waals surface area contributed by atoms with Crippen molar-refractivity contribution in [1.82, 2.24) is 5.32 Å². The quantitative estimate of drug-likeness (QED) is 0.485. The average Bonchev–Trinajstić information content (AvgIpc) is 3.31. The minimum Gasteiger partial charge on any atom is -0.441 e. The van der Waals surface area contributed by atoms with Gasteiger partial charge in [0.25, 0.3) is 11.8 Å². The molecule has 0 bridgehead atoms. The summed E-state index contributed by atoms with van der Waals surface area (Å²) < 4.78 is 5.80. The Hall–Kier alpha value is -2.64. The Morgan fingerprint density at radius 3 is 2.48 bits per heavy atom. The van der Waals surface area contributed by atoms with Gasteiger partial charge in [-0.1, -0.05) is 11.6 Å².